The van der Waals surface area contributed by atoms with Crippen LogP contribution in [0.3, 0.4) is 0 Å². The smallest absolute Gasteiger partial charge is 0.179 e. The fourth-order valence-corrected chi connectivity index (χ4v) is 5.05. The fourth-order valence-electron chi connectivity index (χ4n) is 3.06. The molecule has 19 heavy (non-hydrogen) atoms. The second kappa shape index (κ2) is 4.89. The Kier molecular flexibility index (Phi) is 3.73. The van der Waals surface area contributed by atoms with Gasteiger partial charge in [0.15, 0.2) is 9.84 Å². The lowest BCUT2D eigenvalue weighted by atomic mass is 9.66. The van der Waals surface area contributed by atoms with Gasteiger partial charge in [0.2, 0.25) is 0 Å². The molecule has 2 atom stereocenters. The third-order valence-corrected chi connectivity index (χ3v) is 6.35. The van der Waals surface area contributed by atoms with Gasteiger partial charge in [0.05, 0.1) is 17.3 Å². The molecule has 3 N–H and O–H groups in total. The van der Waals surface area contributed by atoms with Crippen LogP contribution in [0.2, 0.25) is 0 Å². The van der Waals surface area contributed by atoms with Crippen molar-refractivity contribution in [3.8, 4) is 0 Å². The zero-order valence-electron chi connectivity index (χ0n) is 11.3. The first kappa shape index (κ1) is 14.5. The van der Waals surface area contributed by atoms with Crippen LogP contribution in [0.4, 0.5) is 0 Å². The molecule has 0 saturated heterocycles. The maximum atomic E-state index is 12.2. The normalized spacial score (nSPS) is 24.2. The highest BCUT2D eigenvalue weighted by molar-refractivity contribution is 7.91. The van der Waals surface area contributed by atoms with Crippen LogP contribution in [0.1, 0.15) is 25.3 Å². The number of hydrogen-bond acceptors (Lipinski definition) is 4. The molecule has 0 spiro atoms. The maximum Gasteiger partial charge on any atom is 0.179 e. The minimum atomic E-state index is -3.26. The van der Waals surface area contributed by atoms with Crippen LogP contribution >= 0.6 is 0 Å². The summed E-state index contributed by atoms with van der Waals surface area (Å²) in [4.78, 5) is 0.395. The minimum absolute atomic E-state index is 0.0439. The van der Waals surface area contributed by atoms with Crippen LogP contribution in [0.15, 0.2) is 29.2 Å². The van der Waals surface area contributed by atoms with Crippen LogP contribution < -0.4 is 5.73 Å². The van der Waals surface area contributed by atoms with Crippen molar-refractivity contribution in [2.75, 3.05) is 18.9 Å². The molecule has 0 saturated carbocycles. The van der Waals surface area contributed by atoms with E-state index in [1.165, 1.54) is 0 Å². The summed E-state index contributed by atoms with van der Waals surface area (Å²) in [6, 6.07) is 7.06. The Hall–Kier alpha value is -0.910. The molecule has 5 heteroatoms. The summed E-state index contributed by atoms with van der Waals surface area (Å²) in [6.45, 7) is 4.14. The molecule has 1 aromatic rings. The zero-order valence-corrected chi connectivity index (χ0v) is 12.2. The van der Waals surface area contributed by atoms with Gasteiger partial charge in [-0.25, -0.2) is 8.42 Å². The molecule has 1 aliphatic heterocycles. The lowest BCUT2D eigenvalue weighted by molar-refractivity contribution is 0.0624. The lowest BCUT2D eigenvalue weighted by Crippen LogP contribution is -2.45. The van der Waals surface area contributed by atoms with Crippen molar-refractivity contribution in [2.45, 2.75) is 24.7 Å². The van der Waals surface area contributed by atoms with Gasteiger partial charge in [-0.15, -0.1) is 0 Å². The molecule has 0 aromatic heterocycles. The number of nitrogens with two attached hydrogens (primary N) is 1. The molecule has 1 aliphatic rings. The summed E-state index contributed by atoms with van der Waals surface area (Å²) in [5.74, 6) is -0.0833. The van der Waals surface area contributed by atoms with E-state index in [-0.39, 0.29) is 30.7 Å². The predicted octanol–water partition coefficient (Wildman–Crippen LogP) is 1.15. The van der Waals surface area contributed by atoms with E-state index in [1.807, 2.05) is 26.0 Å². The summed E-state index contributed by atoms with van der Waals surface area (Å²) in [5, 5.41) is 9.83. The van der Waals surface area contributed by atoms with Crippen LogP contribution in [0, 0.1) is 11.3 Å². The van der Waals surface area contributed by atoms with Crippen molar-refractivity contribution in [1.29, 1.82) is 0 Å². The SMILES string of the molecule is CC(C)C(CN)(CO)C1CS(=O)(=O)c2ccccc21. The first-order valence-electron chi connectivity index (χ1n) is 6.51. The molecule has 0 amide bonds. The van der Waals surface area contributed by atoms with E-state index in [4.69, 9.17) is 5.73 Å². The molecule has 1 aromatic carbocycles. The van der Waals surface area contributed by atoms with Crippen molar-refractivity contribution in [2.24, 2.45) is 17.1 Å². The van der Waals surface area contributed by atoms with Gasteiger partial charge in [0, 0.05) is 17.9 Å². The summed E-state index contributed by atoms with van der Waals surface area (Å²) in [7, 11) is -3.26. The number of aliphatic hydroxyl groups is 1. The largest absolute Gasteiger partial charge is 0.396 e. The third-order valence-electron chi connectivity index (χ3n) is 4.53. The van der Waals surface area contributed by atoms with Gasteiger partial charge in [-0.1, -0.05) is 32.0 Å². The second-order valence-electron chi connectivity index (χ2n) is 5.62. The first-order valence-corrected chi connectivity index (χ1v) is 8.17. The van der Waals surface area contributed by atoms with Gasteiger partial charge >= 0.3 is 0 Å². The topological polar surface area (TPSA) is 80.4 Å². The Morgan fingerprint density at radius 2 is 2.05 bits per heavy atom. The van der Waals surface area contributed by atoms with Crippen LogP contribution in [-0.2, 0) is 9.84 Å². The van der Waals surface area contributed by atoms with Crippen molar-refractivity contribution in [3.05, 3.63) is 29.8 Å². The molecule has 0 fully saturated rings. The number of fused-ring (bicyclic) bond motifs is 1. The Bertz CT molecular complexity index is 562. The molecule has 0 radical (unpaired) electrons. The summed E-state index contributed by atoms with van der Waals surface area (Å²) in [5.41, 5.74) is 6.11. The summed E-state index contributed by atoms with van der Waals surface area (Å²) in [6.07, 6.45) is 0. The van der Waals surface area contributed by atoms with E-state index in [0.717, 1.165) is 5.56 Å². The Morgan fingerprint density at radius 1 is 1.42 bits per heavy atom. The molecule has 2 unspecified atom stereocenters. The van der Waals surface area contributed by atoms with E-state index in [0.29, 0.717) is 4.90 Å². The highest BCUT2D eigenvalue weighted by Gasteiger charge is 2.48. The van der Waals surface area contributed by atoms with E-state index < -0.39 is 15.3 Å². The number of aliphatic hydroxyl groups excluding tert-OH is 1. The summed E-state index contributed by atoms with van der Waals surface area (Å²) < 4.78 is 24.5. The molecule has 0 aliphatic carbocycles. The van der Waals surface area contributed by atoms with Gasteiger partial charge in [-0.05, 0) is 17.5 Å². The quantitative estimate of drug-likeness (QED) is 0.868. The number of sulfone groups is 1. The average molecular weight is 283 g/mol. The Morgan fingerprint density at radius 3 is 2.58 bits per heavy atom. The molecular weight excluding hydrogens is 262 g/mol. The minimum Gasteiger partial charge on any atom is -0.396 e. The van der Waals surface area contributed by atoms with E-state index >= 15 is 0 Å². The number of rotatable bonds is 4. The first-order chi connectivity index (χ1) is 8.89. The second-order valence-corrected chi connectivity index (χ2v) is 7.62. The monoisotopic (exact) mass is 283 g/mol. The highest BCUT2D eigenvalue weighted by Crippen LogP contribution is 2.48. The molecular formula is C14H21NO3S. The predicted molar refractivity (Wildman–Crippen MR) is 74.6 cm³/mol. The van der Waals surface area contributed by atoms with Gasteiger partial charge in [-0.3, -0.25) is 0 Å². The maximum absolute atomic E-state index is 12.2. The molecule has 1 heterocycles. The number of hydrogen-bond donors (Lipinski definition) is 2. The van der Waals surface area contributed by atoms with Crippen molar-refractivity contribution in [3.63, 3.8) is 0 Å². The van der Waals surface area contributed by atoms with Crippen LogP contribution in [-0.4, -0.2) is 32.4 Å². The summed E-state index contributed by atoms with van der Waals surface area (Å²) >= 11 is 0. The molecule has 4 nitrogen and oxygen atoms in total. The third kappa shape index (κ3) is 2.10. The van der Waals surface area contributed by atoms with Crippen molar-refractivity contribution >= 4 is 9.84 Å². The van der Waals surface area contributed by atoms with E-state index in [9.17, 15) is 13.5 Å². The lowest BCUT2D eigenvalue weighted by Gasteiger charge is -2.40. The highest BCUT2D eigenvalue weighted by atomic mass is 32.2. The Balaban J connectivity index is 2.60. The van der Waals surface area contributed by atoms with Gasteiger partial charge in [0.1, 0.15) is 0 Å². The van der Waals surface area contributed by atoms with Gasteiger partial charge in [-0.2, -0.15) is 0 Å². The Labute approximate surface area is 114 Å². The van der Waals surface area contributed by atoms with Crippen LogP contribution in [0.25, 0.3) is 0 Å². The van der Waals surface area contributed by atoms with E-state index in [2.05, 4.69) is 0 Å². The van der Waals surface area contributed by atoms with Gasteiger partial charge in [0.25, 0.3) is 0 Å². The average Bonchev–Trinajstić information content (AvgIpc) is 2.65. The van der Waals surface area contributed by atoms with Crippen molar-refractivity contribution < 1.29 is 13.5 Å². The molecule has 106 valence electrons. The zero-order chi connectivity index (χ0) is 14.3. The van der Waals surface area contributed by atoms with Gasteiger partial charge < -0.3 is 10.8 Å². The van der Waals surface area contributed by atoms with E-state index in [1.54, 1.807) is 12.1 Å². The van der Waals surface area contributed by atoms with Crippen molar-refractivity contribution in [1.82, 2.24) is 0 Å². The fraction of sp³-hybridized carbons (Fsp3) is 0.571. The van der Waals surface area contributed by atoms with Crippen LogP contribution in [0.5, 0.6) is 0 Å². The standard InChI is InChI=1S/C14H21NO3S/c1-10(2)14(8-15,9-16)12-7-19(17,18)13-6-4-3-5-11(12)13/h3-6,10,12,16H,7-9,15H2,1-2H3. The molecule has 0 bridgehead atoms. The number of benzene rings is 1. The molecule has 2 rings (SSSR count).